The summed E-state index contributed by atoms with van der Waals surface area (Å²) in [4.78, 5) is 17.0. The van der Waals surface area contributed by atoms with Crippen molar-refractivity contribution in [3.63, 3.8) is 0 Å². The third-order valence-corrected chi connectivity index (χ3v) is 6.28. The van der Waals surface area contributed by atoms with E-state index in [9.17, 15) is 4.79 Å². The van der Waals surface area contributed by atoms with Gasteiger partial charge in [0.25, 0.3) is 5.91 Å². The quantitative estimate of drug-likeness (QED) is 0.424. The van der Waals surface area contributed by atoms with Crippen molar-refractivity contribution in [2.75, 3.05) is 11.1 Å². The first kappa shape index (κ1) is 18.0. The molecule has 126 valence electrons. The first-order valence-corrected chi connectivity index (χ1v) is 10.2. The number of nitrogens with zero attached hydrogens (tertiary/aromatic N) is 3. The molecule has 2 aromatic heterocycles. The van der Waals surface area contributed by atoms with Crippen molar-refractivity contribution in [2.45, 2.75) is 11.1 Å². The summed E-state index contributed by atoms with van der Waals surface area (Å²) in [5.41, 5.74) is 2.30. The number of hydrogen-bond acceptors (Lipinski definition) is 5. The molecule has 0 saturated carbocycles. The topological polar surface area (TPSA) is 70.7 Å². The Morgan fingerprint density at radius 3 is 3.04 bits per heavy atom. The van der Waals surface area contributed by atoms with Crippen LogP contribution < -0.4 is 5.32 Å². The van der Waals surface area contributed by atoms with Gasteiger partial charge < -0.3 is 4.57 Å². The minimum Gasteiger partial charge on any atom is -0.312 e. The number of thioether (sulfide) groups is 1. The van der Waals surface area contributed by atoms with Gasteiger partial charge in [0.15, 0.2) is 5.13 Å². The highest BCUT2D eigenvalue weighted by molar-refractivity contribution is 14.1. The van der Waals surface area contributed by atoms with Crippen molar-refractivity contribution in [2.24, 2.45) is 0 Å². The van der Waals surface area contributed by atoms with Crippen LogP contribution in [0.3, 0.4) is 0 Å². The Kier molecular flexibility index (Phi) is 5.78. The molecule has 0 bridgehead atoms. The number of rotatable bonds is 5. The van der Waals surface area contributed by atoms with Gasteiger partial charge in [-0.25, -0.2) is 4.98 Å². The fraction of sp³-hybridized carbons (Fsp3) is 0.118. The number of aromatic nitrogens is 2. The molecule has 3 aromatic rings. The zero-order valence-electron chi connectivity index (χ0n) is 13.2. The third-order valence-electron chi connectivity index (χ3n) is 3.31. The predicted molar refractivity (Wildman–Crippen MR) is 110 cm³/mol. The van der Waals surface area contributed by atoms with Gasteiger partial charge in [-0.3, -0.25) is 10.1 Å². The van der Waals surface area contributed by atoms with Crippen LogP contribution in [0.4, 0.5) is 5.13 Å². The first-order valence-electron chi connectivity index (χ1n) is 7.30. The van der Waals surface area contributed by atoms with Crippen molar-refractivity contribution in [1.82, 2.24) is 9.55 Å². The lowest BCUT2D eigenvalue weighted by atomic mass is 10.3. The zero-order valence-corrected chi connectivity index (χ0v) is 17.0. The fourth-order valence-electron chi connectivity index (χ4n) is 2.25. The van der Waals surface area contributed by atoms with Crippen molar-refractivity contribution in [3.05, 3.63) is 57.6 Å². The average molecular weight is 480 g/mol. The second-order valence-corrected chi connectivity index (χ2v) is 8.52. The maximum Gasteiger partial charge on any atom is 0.274 e. The number of nitrogens with one attached hydrogen (secondary N) is 1. The monoisotopic (exact) mass is 480 g/mol. The molecule has 0 radical (unpaired) electrons. The Labute approximate surface area is 167 Å². The molecule has 0 atom stereocenters. The standard InChI is InChI=1S/C17H13IN4OS2/c1-11-16(24-9-7-19)25-17(20-11)21-15(23)14-6-3-8-22(14)13-5-2-4-12(18)10-13/h2-6,8,10H,9H2,1H3,(H,20,21,23). The lowest BCUT2D eigenvalue weighted by Gasteiger charge is -2.09. The van der Waals surface area contributed by atoms with E-state index >= 15 is 0 Å². The van der Waals surface area contributed by atoms with Crippen LogP contribution in [-0.2, 0) is 0 Å². The number of carbonyl (C=O) groups excluding carboxylic acids is 1. The lowest BCUT2D eigenvalue weighted by molar-refractivity contribution is 0.102. The second-order valence-electron chi connectivity index (χ2n) is 5.04. The Hall–Kier alpha value is -1.83. The Balaban J connectivity index is 1.81. The molecule has 5 nitrogen and oxygen atoms in total. The maximum absolute atomic E-state index is 12.7. The number of amides is 1. The molecule has 1 aromatic carbocycles. The van der Waals surface area contributed by atoms with Gasteiger partial charge in [-0.1, -0.05) is 29.2 Å². The van der Waals surface area contributed by atoms with E-state index in [1.807, 2.05) is 48.0 Å². The zero-order chi connectivity index (χ0) is 17.8. The highest BCUT2D eigenvalue weighted by Gasteiger charge is 2.15. The summed E-state index contributed by atoms with van der Waals surface area (Å²) in [5.74, 6) is 0.153. The number of benzene rings is 1. The van der Waals surface area contributed by atoms with Gasteiger partial charge in [0, 0.05) is 15.5 Å². The van der Waals surface area contributed by atoms with Crippen LogP contribution in [0.1, 0.15) is 16.2 Å². The predicted octanol–water partition coefficient (Wildman–Crippen LogP) is 4.71. The van der Waals surface area contributed by atoms with Crippen LogP contribution >= 0.6 is 45.7 Å². The molecule has 0 unspecified atom stereocenters. The Morgan fingerprint density at radius 2 is 2.28 bits per heavy atom. The van der Waals surface area contributed by atoms with E-state index < -0.39 is 0 Å². The minimum absolute atomic E-state index is 0.213. The molecule has 0 aliphatic carbocycles. The molecule has 0 aliphatic heterocycles. The molecular weight excluding hydrogens is 467 g/mol. The molecule has 0 saturated heterocycles. The van der Waals surface area contributed by atoms with Gasteiger partial charge in [-0.2, -0.15) is 5.26 Å². The molecule has 8 heteroatoms. The van der Waals surface area contributed by atoms with Crippen molar-refractivity contribution < 1.29 is 4.79 Å². The minimum atomic E-state index is -0.213. The van der Waals surface area contributed by atoms with E-state index in [0.29, 0.717) is 16.6 Å². The van der Waals surface area contributed by atoms with Gasteiger partial charge in [0.05, 0.1) is 21.7 Å². The molecule has 0 spiro atoms. The van der Waals surface area contributed by atoms with E-state index in [4.69, 9.17) is 5.26 Å². The van der Waals surface area contributed by atoms with E-state index in [1.54, 1.807) is 6.07 Å². The van der Waals surface area contributed by atoms with Gasteiger partial charge in [0.1, 0.15) is 5.69 Å². The summed E-state index contributed by atoms with van der Waals surface area (Å²) in [6.45, 7) is 1.88. The van der Waals surface area contributed by atoms with Gasteiger partial charge in [0.2, 0.25) is 0 Å². The van der Waals surface area contributed by atoms with Gasteiger partial charge in [-0.05, 0) is 59.8 Å². The number of hydrogen-bond donors (Lipinski definition) is 1. The summed E-state index contributed by atoms with van der Waals surface area (Å²) < 4.78 is 3.90. The van der Waals surface area contributed by atoms with Crippen LogP contribution in [0.2, 0.25) is 0 Å². The summed E-state index contributed by atoms with van der Waals surface area (Å²) in [6, 6.07) is 13.7. The summed E-state index contributed by atoms with van der Waals surface area (Å²) in [7, 11) is 0. The SMILES string of the molecule is Cc1nc(NC(=O)c2cccn2-c2cccc(I)c2)sc1SCC#N. The fourth-order valence-corrected chi connectivity index (χ4v) is 4.57. The smallest absolute Gasteiger partial charge is 0.274 e. The number of halogens is 1. The lowest BCUT2D eigenvalue weighted by Crippen LogP contribution is -2.16. The van der Waals surface area contributed by atoms with Crippen molar-refractivity contribution in [3.8, 4) is 11.8 Å². The number of aryl methyl sites for hydroxylation is 1. The number of anilines is 1. The van der Waals surface area contributed by atoms with Crippen LogP contribution in [-0.4, -0.2) is 21.2 Å². The van der Waals surface area contributed by atoms with Gasteiger partial charge >= 0.3 is 0 Å². The Bertz CT molecular complexity index is 958. The molecule has 1 N–H and O–H groups in total. The maximum atomic E-state index is 12.7. The van der Waals surface area contributed by atoms with Crippen LogP contribution in [0, 0.1) is 21.8 Å². The highest BCUT2D eigenvalue weighted by Crippen LogP contribution is 2.32. The molecule has 0 fully saturated rings. The van der Waals surface area contributed by atoms with Crippen LogP contribution in [0.15, 0.2) is 46.8 Å². The van der Waals surface area contributed by atoms with Gasteiger partial charge in [-0.15, -0.1) is 0 Å². The van der Waals surface area contributed by atoms with Crippen molar-refractivity contribution in [1.29, 1.82) is 5.26 Å². The second kappa shape index (κ2) is 8.03. The summed E-state index contributed by atoms with van der Waals surface area (Å²) >= 11 is 5.07. The molecule has 25 heavy (non-hydrogen) atoms. The van der Waals surface area contributed by atoms with E-state index in [0.717, 1.165) is 19.2 Å². The number of nitriles is 1. The first-order chi connectivity index (χ1) is 12.1. The van der Waals surface area contributed by atoms with Crippen LogP contribution in [0.5, 0.6) is 0 Å². The van der Waals surface area contributed by atoms with E-state index in [-0.39, 0.29) is 5.91 Å². The highest BCUT2D eigenvalue weighted by atomic mass is 127. The van der Waals surface area contributed by atoms with E-state index in [2.05, 4.69) is 39.0 Å². The summed E-state index contributed by atoms with van der Waals surface area (Å²) in [6.07, 6.45) is 1.86. The van der Waals surface area contributed by atoms with Crippen LogP contribution in [0.25, 0.3) is 5.69 Å². The number of thiazole rings is 1. The Morgan fingerprint density at radius 1 is 1.44 bits per heavy atom. The normalized spacial score (nSPS) is 10.4. The van der Waals surface area contributed by atoms with Crippen molar-refractivity contribution >= 4 is 56.7 Å². The molecule has 0 aliphatic rings. The molecule has 2 heterocycles. The molecule has 1 amide bonds. The molecule has 3 rings (SSSR count). The average Bonchev–Trinajstić information content (AvgIpc) is 3.20. The largest absolute Gasteiger partial charge is 0.312 e. The van der Waals surface area contributed by atoms with E-state index in [1.165, 1.54) is 23.1 Å². The third kappa shape index (κ3) is 4.23. The number of carbonyl (C=O) groups is 1. The molecular formula is C17H13IN4OS2. The summed E-state index contributed by atoms with van der Waals surface area (Å²) in [5, 5.41) is 12.1.